The summed E-state index contributed by atoms with van der Waals surface area (Å²) in [4.78, 5) is 24.1. The quantitative estimate of drug-likeness (QED) is 0.708. The second-order valence-corrected chi connectivity index (χ2v) is 4.27. The van der Waals surface area contributed by atoms with Crippen LogP contribution in [0.3, 0.4) is 0 Å². The fourth-order valence-electron chi connectivity index (χ4n) is 1.52. The molecule has 3 N–H and O–H groups in total. The molecule has 0 spiro atoms. The van der Waals surface area contributed by atoms with Crippen LogP contribution in [-0.4, -0.2) is 39.2 Å². The van der Waals surface area contributed by atoms with Crippen LogP contribution in [-0.2, 0) is 13.0 Å². The fraction of sp³-hybridized carbons (Fsp3) is 0.455. The molecule has 0 aliphatic carbocycles. The molecule has 2 aromatic rings. The highest BCUT2D eigenvalue weighted by Gasteiger charge is 2.06. The standard InChI is InChI=1S/C11H17N7O/c1-4-7-5-8(14-10(13-7)18(2)3)12-6-9-15-11(19)17-16-9/h5H,4,6H2,1-3H3,(H,12,13,14)(H2,15,16,17,19). The first-order valence-electron chi connectivity index (χ1n) is 6.01. The Kier molecular flexibility index (Phi) is 3.79. The molecule has 19 heavy (non-hydrogen) atoms. The first-order valence-corrected chi connectivity index (χ1v) is 6.01. The zero-order valence-corrected chi connectivity index (χ0v) is 11.2. The molecule has 8 heteroatoms. The number of H-pyrrole nitrogens is 2. The van der Waals surface area contributed by atoms with Crippen LogP contribution in [0.25, 0.3) is 0 Å². The van der Waals surface area contributed by atoms with Gasteiger partial charge < -0.3 is 10.2 Å². The van der Waals surface area contributed by atoms with Gasteiger partial charge in [0.2, 0.25) is 5.95 Å². The Balaban J connectivity index is 2.14. The highest BCUT2D eigenvalue weighted by molar-refractivity contribution is 5.43. The van der Waals surface area contributed by atoms with Gasteiger partial charge in [-0.15, -0.1) is 0 Å². The van der Waals surface area contributed by atoms with Crippen molar-refractivity contribution >= 4 is 11.8 Å². The molecule has 0 unspecified atom stereocenters. The van der Waals surface area contributed by atoms with Crippen LogP contribution in [0.15, 0.2) is 10.9 Å². The van der Waals surface area contributed by atoms with Crippen LogP contribution in [0.5, 0.6) is 0 Å². The number of hydrogen-bond donors (Lipinski definition) is 3. The molecular weight excluding hydrogens is 246 g/mol. The Morgan fingerprint density at radius 2 is 2.16 bits per heavy atom. The van der Waals surface area contributed by atoms with Crippen molar-refractivity contribution < 1.29 is 0 Å². The van der Waals surface area contributed by atoms with Crippen LogP contribution < -0.4 is 15.9 Å². The van der Waals surface area contributed by atoms with Gasteiger partial charge in [0.25, 0.3) is 0 Å². The van der Waals surface area contributed by atoms with E-state index in [1.165, 1.54) is 0 Å². The van der Waals surface area contributed by atoms with Gasteiger partial charge in [0.15, 0.2) is 0 Å². The zero-order valence-electron chi connectivity index (χ0n) is 11.2. The average Bonchev–Trinajstić information content (AvgIpc) is 2.81. The summed E-state index contributed by atoms with van der Waals surface area (Å²) in [5.74, 6) is 1.89. The van der Waals surface area contributed by atoms with Gasteiger partial charge in [0.1, 0.15) is 11.6 Å². The largest absolute Gasteiger partial charge is 0.363 e. The summed E-state index contributed by atoms with van der Waals surface area (Å²) in [7, 11) is 3.79. The van der Waals surface area contributed by atoms with E-state index in [9.17, 15) is 4.79 Å². The molecule has 0 aliphatic heterocycles. The molecule has 0 atom stereocenters. The number of rotatable bonds is 5. The second kappa shape index (κ2) is 5.51. The fourth-order valence-corrected chi connectivity index (χ4v) is 1.52. The summed E-state index contributed by atoms with van der Waals surface area (Å²) in [6.07, 6.45) is 0.831. The third-order valence-electron chi connectivity index (χ3n) is 2.52. The Morgan fingerprint density at radius 3 is 2.74 bits per heavy atom. The first kappa shape index (κ1) is 13.1. The minimum atomic E-state index is -0.317. The third kappa shape index (κ3) is 3.30. The molecule has 0 saturated carbocycles. The van der Waals surface area contributed by atoms with Gasteiger partial charge in [-0.3, -0.25) is 4.98 Å². The number of nitrogens with one attached hydrogen (secondary N) is 3. The lowest BCUT2D eigenvalue weighted by Gasteiger charge is -2.13. The molecule has 0 fully saturated rings. The summed E-state index contributed by atoms with van der Waals surface area (Å²) in [5, 5.41) is 9.25. The number of anilines is 2. The predicted octanol–water partition coefficient (Wildman–Crippen LogP) is 0.128. The van der Waals surface area contributed by atoms with Crippen LogP contribution in [0.4, 0.5) is 11.8 Å². The summed E-state index contributed by atoms with van der Waals surface area (Å²) < 4.78 is 0. The monoisotopic (exact) mass is 263 g/mol. The lowest BCUT2D eigenvalue weighted by atomic mass is 10.3. The van der Waals surface area contributed by atoms with Gasteiger partial charge in [0, 0.05) is 25.9 Å². The van der Waals surface area contributed by atoms with Gasteiger partial charge in [-0.2, -0.15) is 10.1 Å². The lowest BCUT2D eigenvalue weighted by Crippen LogP contribution is -2.15. The van der Waals surface area contributed by atoms with E-state index in [2.05, 4.69) is 30.5 Å². The summed E-state index contributed by atoms with van der Waals surface area (Å²) in [6.45, 7) is 2.43. The van der Waals surface area contributed by atoms with Crippen LogP contribution in [0.2, 0.25) is 0 Å². The first-order chi connectivity index (χ1) is 9.08. The highest BCUT2D eigenvalue weighted by Crippen LogP contribution is 2.13. The molecule has 0 aliphatic rings. The average molecular weight is 263 g/mol. The minimum absolute atomic E-state index is 0.317. The van der Waals surface area contributed by atoms with Gasteiger partial charge >= 0.3 is 5.69 Å². The lowest BCUT2D eigenvalue weighted by molar-refractivity contribution is 0.915. The topological polar surface area (TPSA) is 103 Å². The number of hydrogen-bond acceptors (Lipinski definition) is 6. The maximum absolute atomic E-state index is 10.9. The normalized spacial score (nSPS) is 10.5. The second-order valence-electron chi connectivity index (χ2n) is 4.27. The molecule has 0 radical (unpaired) electrons. The van der Waals surface area contributed by atoms with Crippen molar-refractivity contribution in [3.63, 3.8) is 0 Å². The van der Waals surface area contributed by atoms with E-state index in [0.717, 1.165) is 12.1 Å². The van der Waals surface area contributed by atoms with E-state index in [-0.39, 0.29) is 5.69 Å². The van der Waals surface area contributed by atoms with E-state index in [0.29, 0.717) is 24.1 Å². The molecule has 2 aromatic heterocycles. The Bertz CT molecular complexity index is 601. The third-order valence-corrected chi connectivity index (χ3v) is 2.52. The smallest absolute Gasteiger partial charge is 0.340 e. The van der Waals surface area contributed by atoms with Gasteiger partial charge in [-0.25, -0.2) is 14.9 Å². The number of aryl methyl sites for hydroxylation is 1. The van der Waals surface area contributed by atoms with Gasteiger partial charge in [0.05, 0.1) is 6.54 Å². The van der Waals surface area contributed by atoms with Crippen molar-refractivity contribution in [2.75, 3.05) is 24.3 Å². The summed E-state index contributed by atoms with van der Waals surface area (Å²) in [6, 6.07) is 1.89. The molecule has 0 aromatic carbocycles. The summed E-state index contributed by atoms with van der Waals surface area (Å²) in [5.41, 5.74) is 0.638. The molecule has 0 amide bonds. The Labute approximate surface area is 110 Å². The predicted molar refractivity (Wildman–Crippen MR) is 72.3 cm³/mol. The van der Waals surface area contributed by atoms with E-state index in [1.54, 1.807) is 0 Å². The van der Waals surface area contributed by atoms with Crippen LogP contribution in [0.1, 0.15) is 18.4 Å². The molecule has 0 saturated heterocycles. The van der Waals surface area contributed by atoms with Crippen LogP contribution in [0, 0.1) is 0 Å². The molecule has 8 nitrogen and oxygen atoms in total. The number of nitrogens with zero attached hydrogens (tertiary/aromatic N) is 4. The van der Waals surface area contributed by atoms with Crippen molar-refractivity contribution in [1.82, 2.24) is 25.1 Å². The van der Waals surface area contributed by atoms with Gasteiger partial charge in [-0.1, -0.05) is 6.92 Å². The van der Waals surface area contributed by atoms with Crippen LogP contribution >= 0.6 is 0 Å². The van der Waals surface area contributed by atoms with Crippen molar-refractivity contribution in [1.29, 1.82) is 0 Å². The van der Waals surface area contributed by atoms with Gasteiger partial charge in [-0.05, 0) is 6.42 Å². The molecular formula is C11H17N7O. The molecule has 102 valence electrons. The zero-order chi connectivity index (χ0) is 13.8. The van der Waals surface area contributed by atoms with Crippen molar-refractivity contribution in [2.45, 2.75) is 19.9 Å². The maximum atomic E-state index is 10.9. The Hall–Kier alpha value is -2.38. The van der Waals surface area contributed by atoms with Crippen molar-refractivity contribution in [3.8, 4) is 0 Å². The van der Waals surface area contributed by atoms with E-state index in [1.807, 2.05) is 32.0 Å². The molecule has 2 heterocycles. The number of aromatic nitrogens is 5. The van der Waals surface area contributed by atoms with E-state index in [4.69, 9.17) is 0 Å². The molecule has 2 rings (SSSR count). The van der Waals surface area contributed by atoms with E-state index < -0.39 is 0 Å². The van der Waals surface area contributed by atoms with E-state index >= 15 is 0 Å². The van der Waals surface area contributed by atoms with Crippen molar-refractivity contribution in [3.05, 3.63) is 28.1 Å². The highest BCUT2D eigenvalue weighted by atomic mass is 16.1. The minimum Gasteiger partial charge on any atom is -0.363 e. The Morgan fingerprint density at radius 1 is 1.37 bits per heavy atom. The maximum Gasteiger partial charge on any atom is 0.340 e. The number of aromatic amines is 2. The SMILES string of the molecule is CCc1cc(NCc2n[nH]c(=O)[nH]2)nc(N(C)C)n1. The molecule has 0 bridgehead atoms. The summed E-state index contributed by atoms with van der Waals surface area (Å²) >= 11 is 0. The van der Waals surface area contributed by atoms with Crippen molar-refractivity contribution in [2.24, 2.45) is 0 Å².